The molecule has 5 rings (SSSR count). The molecule has 11 heteroatoms. The molecule has 3 heterocycles. The SMILES string of the molecule is Cn1nc(-c2cc(C(F)(F)F)c(F)c(O)c2F)c2cnc(N3CCNCC34CC4)cc21. The first-order valence-corrected chi connectivity index (χ1v) is 9.72. The molecule has 0 radical (unpaired) electrons. The first-order valence-electron chi connectivity index (χ1n) is 9.72. The number of fused-ring (bicyclic) bond motifs is 1. The fourth-order valence-electron chi connectivity index (χ4n) is 4.28. The molecule has 2 N–H and O–H groups in total. The highest BCUT2D eigenvalue weighted by molar-refractivity contribution is 5.94. The molecule has 1 saturated heterocycles. The fourth-order valence-corrected chi connectivity index (χ4v) is 4.28. The maximum absolute atomic E-state index is 14.6. The lowest BCUT2D eigenvalue weighted by Gasteiger charge is -2.37. The Morgan fingerprint density at radius 3 is 2.58 bits per heavy atom. The van der Waals surface area contributed by atoms with Crippen molar-refractivity contribution in [2.45, 2.75) is 24.6 Å². The summed E-state index contributed by atoms with van der Waals surface area (Å²) in [5.41, 5.74) is -2.01. The number of anilines is 1. The van der Waals surface area contributed by atoms with Crippen LogP contribution in [0, 0.1) is 11.6 Å². The topological polar surface area (TPSA) is 66.2 Å². The van der Waals surface area contributed by atoms with Crippen molar-refractivity contribution in [2.24, 2.45) is 7.05 Å². The van der Waals surface area contributed by atoms with Gasteiger partial charge >= 0.3 is 6.18 Å². The van der Waals surface area contributed by atoms with Crippen LogP contribution >= 0.6 is 0 Å². The van der Waals surface area contributed by atoms with E-state index in [1.807, 2.05) is 0 Å². The number of phenols is 1. The molecule has 2 aromatic heterocycles. The molecular weight excluding hydrogens is 421 g/mol. The Labute approximate surface area is 173 Å². The summed E-state index contributed by atoms with van der Waals surface area (Å²) < 4.78 is 69.4. The van der Waals surface area contributed by atoms with Crippen LogP contribution in [0.15, 0.2) is 18.3 Å². The third kappa shape index (κ3) is 3.01. The number of hydrogen-bond donors (Lipinski definition) is 2. The molecule has 2 fully saturated rings. The summed E-state index contributed by atoms with van der Waals surface area (Å²) >= 11 is 0. The molecule has 0 atom stereocenters. The fraction of sp³-hybridized carbons (Fsp3) is 0.400. The normalized spacial score (nSPS) is 18.2. The van der Waals surface area contributed by atoms with E-state index in [9.17, 15) is 27.1 Å². The minimum absolute atomic E-state index is 0.0246. The van der Waals surface area contributed by atoms with Gasteiger partial charge in [-0.2, -0.15) is 18.3 Å². The second-order valence-corrected chi connectivity index (χ2v) is 8.03. The van der Waals surface area contributed by atoms with Gasteiger partial charge in [-0.15, -0.1) is 0 Å². The maximum Gasteiger partial charge on any atom is 0.419 e. The van der Waals surface area contributed by atoms with Gasteiger partial charge in [0.2, 0.25) is 0 Å². The molecule has 0 bridgehead atoms. The number of benzene rings is 1. The summed E-state index contributed by atoms with van der Waals surface area (Å²) in [5.74, 6) is -4.54. The standard InChI is InChI=1S/C20H18F5N5O/c1-29-13-7-14(30-5-4-26-9-19(30)2-3-19)27-8-11(13)17(28-29)10-6-12(20(23,24)25)16(22)18(31)15(10)21/h6-8,26,31H,2-5,9H2,1H3. The van der Waals surface area contributed by atoms with Crippen molar-refractivity contribution in [3.05, 3.63) is 35.5 Å². The number of aromatic nitrogens is 3. The lowest BCUT2D eigenvalue weighted by molar-refractivity contribution is -0.140. The predicted octanol–water partition coefficient (Wildman–Crippen LogP) is 3.58. The van der Waals surface area contributed by atoms with Crippen molar-refractivity contribution in [2.75, 3.05) is 24.5 Å². The predicted molar refractivity (Wildman–Crippen MR) is 103 cm³/mol. The first-order chi connectivity index (χ1) is 14.6. The zero-order valence-corrected chi connectivity index (χ0v) is 16.4. The van der Waals surface area contributed by atoms with Gasteiger partial charge in [-0.05, 0) is 18.9 Å². The number of rotatable bonds is 2. The zero-order valence-electron chi connectivity index (χ0n) is 16.4. The highest BCUT2D eigenvalue weighted by Crippen LogP contribution is 2.45. The van der Waals surface area contributed by atoms with Gasteiger partial charge in [0, 0.05) is 49.9 Å². The van der Waals surface area contributed by atoms with Crippen LogP contribution in [0.25, 0.3) is 22.2 Å². The van der Waals surface area contributed by atoms with Gasteiger partial charge in [0.15, 0.2) is 17.4 Å². The van der Waals surface area contributed by atoms with E-state index >= 15 is 0 Å². The minimum atomic E-state index is -5.11. The summed E-state index contributed by atoms with van der Waals surface area (Å²) in [4.78, 5) is 6.68. The highest BCUT2D eigenvalue weighted by Gasteiger charge is 2.49. The van der Waals surface area contributed by atoms with Crippen LogP contribution in [0.1, 0.15) is 18.4 Å². The Kier molecular flexibility index (Phi) is 4.20. The molecule has 0 unspecified atom stereocenters. The van der Waals surface area contributed by atoms with Crippen molar-refractivity contribution in [1.29, 1.82) is 0 Å². The largest absolute Gasteiger partial charge is 0.503 e. The van der Waals surface area contributed by atoms with Crippen molar-refractivity contribution in [1.82, 2.24) is 20.1 Å². The van der Waals surface area contributed by atoms with E-state index in [1.165, 1.54) is 10.9 Å². The molecule has 1 aliphatic heterocycles. The number of pyridine rings is 1. The zero-order chi connectivity index (χ0) is 22.1. The third-order valence-electron chi connectivity index (χ3n) is 6.10. The summed E-state index contributed by atoms with van der Waals surface area (Å²) in [6.45, 7) is 2.42. The van der Waals surface area contributed by atoms with Gasteiger partial charge in [-0.1, -0.05) is 0 Å². The Hall–Kier alpha value is -2.95. The molecule has 3 aromatic rings. The van der Waals surface area contributed by atoms with E-state index in [0.29, 0.717) is 22.8 Å². The second kappa shape index (κ2) is 6.52. The average Bonchev–Trinajstić information content (AvgIpc) is 3.41. The summed E-state index contributed by atoms with van der Waals surface area (Å²) in [6, 6.07) is 2.10. The van der Waals surface area contributed by atoms with Crippen LogP contribution in [0.2, 0.25) is 0 Å². The van der Waals surface area contributed by atoms with Crippen LogP contribution in [-0.2, 0) is 13.2 Å². The Bertz CT molecular complexity index is 1200. The molecule has 1 spiro atoms. The minimum Gasteiger partial charge on any atom is -0.503 e. The van der Waals surface area contributed by atoms with Gasteiger partial charge in [0.25, 0.3) is 0 Å². The quantitative estimate of drug-likeness (QED) is 0.598. The number of aromatic hydroxyl groups is 1. The summed E-state index contributed by atoms with van der Waals surface area (Å²) in [7, 11) is 1.58. The van der Waals surface area contributed by atoms with Crippen molar-refractivity contribution in [3.63, 3.8) is 0 Å². The number of piperazine rings is 1. The van der Waals surface area contributed by atoms with Crippen LogP contribution in [-0.4, -0.2) is 45.0 Å². The molecule has 6 nitrogen and oxygen atoms in total. The number of hydrogen-bond acceptors (Lipinski definition) is 5. The van der Waals surface area contributed by atoms with Crippen LogP contribution in [0.3, 0.4) is 0 Å². The van der Waals surface area contributed by atoms with Gasteiger partial charge in [0.05, 0.1) is 16.6 Å². The lowest BCUT2D eigenvalue weighted by Crippen LogP contribution is -2.53. The van der Waals surface area contributed by atoms with Gasteiger partial charge < -0.3 is 15.3 Å². The molecule has 2 aliphatic rings. The third-order valence-corrected chi connectivity index (χ3v) is 6.10. The van der Waals surface area contributed by atoms with Gasteiger partial charge in [-0.25, -0.2) is 13.8 Å². The lowest BCUT2D eigenvalue weighted by atomic mass is 10.0. The number of phenolic OH excluding ortho intramolecular Hbond substituents is 1. The van der Waals surface area contributed by atoms with E-state index < -0.39 is 34.7 Å². The van der Waals surface area contributed by atoms with Crippen LogP contribution < -0.4 is 10.2 Å². The van der Waals surface area contributed by atoms with E-state index in [4.69, 9.17) is 0 Å². The average molecular weight is 439 g/mol. The second-order valence-electron chi connectivity index (χ2n) is 8.03. The number of nitrogens with one attached hydrogen (secondary N) is 1. The molecular formula is C20H18F5N5O. The molecule has 0 amide bonds. The first kappa shape index (κ1) is 20.0. The Morgan fingerprint density at radius 2 is 1.90 bits per heavy atom. The van der Waals surface area contributed by atoms with E-state index in [-0.39, 0.29) is 11.2 Å². The highest BCUT2D eigenvalue weighted by atomic mass is 19.4. The van der Waals surface area contributed by atoms with E-state index in [1.54, 1.807) is 13.1 Å². The van der Waals surface area contributed by atoms with Crippen LogP contribution in [0.5, 0.6) is 5.75 Å². The van der Waals surface area contributed by atoms with Crippen molar-refractivity contribution < 1.29 is 27.1 Å². The van der Waals surface area contributed by atoms with E-state index in [2.05, 4.69) is 20.3 Å². The molecule has 164 valence electrons. The molecule has 31 heavy (non-hydrogen) atoms. The summed E-state index contributed by atoms with van der Waals surface area (Å²) in [5, 5.41) is 17.5. The van der Waals surface area contributed by atoms with Gasteiger partial charge in [0.1, 0.15) is 11.5 Å². The molecule has 1 saturated carbocycles. The number of halogens is 5. The number of aryl methyl sites for hydroxylation is 1. The maximum atomic E-state index is 14.6. The van der Waals surface area contributed by atoms with Crippen molar-refractivity contribution >= 4 is 16.7 Å². The Balaban J connectivity index is 1.65. The molecule has 1 aromatic carbocycles. The Morgan fingerprint density at radius 1 is 1.16 bits per heavy atom. The monoisotopic (exact) mass is 439 g/mol. The summed E-state index contributed by atoms with van der Waals surface area (Å²) in [6.07, 6.45) is -1.60. The van der Waals surface area contributed by atoms with Crippen molar-refractivity contribution in [3.8, 4) is 17.0 Å². The smallest absolute Gasteiger partial charge is 0.419 e. The number of alkyl halides is 3. The molecule has 1 aliphatic carbocycles. The van der Waals surface area contributed by atoms with Gasteiger partial charge in [-0.3, -0.25) is 4.68 Å². The number of nitrogens with zero attached hydrogens (tertiary/aromatic N) is 4. The van der Waals surface area contributed by atoms with Crippen LogP contribution in [0.4, 0.5) is 27.8 Å². The van der Waals surface area contributed by atoms with E-state index in [0.717, 1.165) is 32.5 Å².